The molecule has 0 unspecified atom stereocenters. The van der Waals surface area contributed by atoms with E-state index in [4.69, 9.17) is 11.6 Å². The number of benzene rings is 1. The molecule has 6 nitrogen and oxygen atoms in total. The zero-order chi connectivity index (χ0) is 16.4. The fourth-order valence-electron chi connectivity index (χ4n) is 2.69. The topological polar surface area (TPSA) is 95.0 Å². The third kappa shape index (κ3) is 3.01. The Morgan fingerprint density at radius 2 is 2.09 bits per heavy atom. The number of rotatable bonds is 2. The average molecular weight is 331 g/mol. The Labute approximate surface area is 138 Å². The van der Waals surface area contributed by atoms with Crippen LogP contribution < -0.4 is 0 Å². The lowest BCUT2D eigenvalue weighted by atomic mass is 10.1. The highest BCUT2D eigenvalue weighted by molar-refractivity contribution is 6.32. The van der Waals surface area contributed by atoms with E-state index in [1.807, 2.05) is 4.57 Å². The van der Waals surface area contributed by atoms with E-state index >= 15 is 0 Å². The van der Waals surface area contributed by atoms with Crippen LogP contribution in [0.15, 0.2) is 12.1 Å². The zero-order valence-electron chi connectivity index (χ0n) is 12.3. The second-order valence-corrected chi connectivity index (χ2v) is 5.85. The molecule has 2 aromatic rings. The van der Waals surface area contributed by atoms with Gasteiger partial charge in [0.05, 0.1) is 10.6 Å². The van der Waals surface area contributed by atoms with Crippen molar-refractivity contribution in [3.63, 3.8) is 0 Å². The van der Waals surface area contributed by atoms with Crippen molar-refractivity contribution < 1.29 is 10.2 Å². The van der Waals surface area contributed by atoms with Gasteiger partial charge in [-0.15, -0.1) is 10.2 Å². The zero-order valence-corrected chi connectivity index (χ0v) is 13.1. The highest BCUT2D eigenvalue weighted by Crippen LogP contribution is 2.35. The molecule has 0 saturated carbocycles. The van der Waals surface area contributed by atoms with Gasteiger partial charge in [0.25, 0.3) is 0 Å². The van der Waals surface area contributed by atoms with Gasteiger partial charge in [-0.1, -0.05) is 18.0 Å². The predicted octanol–water partition coefficient (Wildman–Crippen LogP) is 3.13. The lowest BCUT2D eigenvalue weighted by molar-refractivity contribution is 0.404. The molecule has 1 aromatic carbocycles. The Hall–Kier alpha value is -2.52. The Bertz CT molecular complexity index is 797. The van der Waals surface area contributed by atoms with E-state index in [-0.39, 0.29) is 16.5 Å². The van der Waals surface area contributed by atoms with Crippen LogP contribution >= 0.6 is 11.6 Å². The summed E-state index contributed by atoms with van der Waals surface area (Å²) in [6, 6.07) is 4.95. The van der Waals surface area contributed by atoms with Gasteiger partial charge in [-0.3, -0.25) is 0 Å². The van der Waals surface area contributed by atoms with E-state index in [0.717, 1.165) is 38.1 Å². The molecule has 3 rings (SSSR count). The average Bonchev–Trinajstić information content (AvgIpc) is 2.78. The number of aromatic nitrogens is 3. The summed E-state index contributed by atoms with van der Waals surface area (Å²) in [7, 11) is 0. The van der Waals surface area contributed by atoms with Crippen LogP contribution in [-0.2, 0) is 13.0 Å². The summed E-state index contributed by atoms with van der Waals surface area (Å²) >= 11 is 5.85. The maximum absolute atomic E-state index is 9.65. The van der Waals surface area contributed by atoms with Crippen molar-refractivity contribution in [3.8, 4) is 17.6 Å². The molecule has 0 saturated heterocycles. The number of aromatic hydroxyl groups is 2. The molecule has 0 bridgehead atoms. The second kappa shape index (κ2) is 6.31. The van der Waals surface area contributed by atoms with Gasteiger partial charge in [-0.2, -0.15) is 5.26 Å². The molecule has 1 aliphatic rings. The van der Waals surface area contributed by atoms with Crippen LogP contribution in [-0.4, -0.2) is 25.0 Å². The standard InChI is InChI=1S/C16H15ClN4O2/c17-12-7-10(8-13(22)15(12)23)6-11(9-18)16-20-19-14-4-2-1-3-5-21(14)16/h6-8,22-23H,1-5H2/b11-6+. The van der Waals surface area contributed by atoms with Crippen molar-refractivity contribution >= 4 is 23.3 Å². The number of halogens is 1. The molecule has 0 amide bonds. The molecule has 118 valence electrons. The molecule has 7 heteroatoms. The van der Waals surface area contributed by atoms with E-state index in [2.05, 4.69) is 16.3 Å². The van der Waals surface area contributed by atoms with Crippen LogP contribution in [0.25, 0.3) is 11.6 Å². The van der Waals surface area contributed by atoms with E-state index < -0.39 is 0 Å². The van der Waals surface area contributed by atoms with Gasteiger partial charge in [-0.25, -0.2) is 0 Å². The van der Waals surface area contributed by atoms with Gasteiger partial charge >= 0.3 is 0 Å². The molecule has 0 radical (unpaired) electrons. The van der Waals surface area contributed by atoms with Crippen molar-refractivity contribution in [1.82, 2.24) is 14.8 Å². The van der Waals surface area contributed by atoms with Gasteiger partial charge in [0, 0.05) is 13.0 Å². The molecule has 0 spiro atoms. The monoisotopic (exact) mass is 330 g/mol. The third-order valence-electron chi connectivity index (χ3n) is 3.85. The minimum Gasteiger partial charge on any atom is -0.504 e. The SMILES string of the molecule is N#C/C(=C\c1cc(O)c(O)c(Cl)c1)c1nnc2n1CCCCC2. The van der Waals surface area contributed by atoms with Crippen LogP contribution in [0.2, 0.25) is 5.02 Å². The van der Waals surface area contributed by atoms with Crippen LogP contribution in [0, 0.1) is 11.3 Å². The molecule has 0 fully saturated rings. The molecular weight excluding hydrogens is 316 g/mol. The second-order valence-electron chi connectivity index (χ2n) is 5.44. The summed E-state index contributed by atoms with van der Waals surface area (Å²) in [5.41, 5.74) is 0.847. The smallest absolute Gasteiger partial charge is 0.176 e. The molecule has 0 aliphatic carbocycles. The number of fused-ring (bicyclic) bond motifs is 1. The summed E-state index contributed by atoms with van der Waals surface area (Å²) in [4.78, 5) is 0. The number of hydrogen-bond donors (Lipinski definition) is 2. The van der Waals surface area contributed by atoms with E-state index in [9.17, 15) is 15.5 Å². The highest BCUT2D eigenvalue weighted by atomic mass is 35.5. The van der Waals surface area contributed by atoms with E-state index in [1.54, 1.807) is 6.08 Å². The van der Waals surface area contributed by atoms with Crippen LogP contribution in [0.5, 0.6) is 11.5 Å². The first kappa shape index (κ1) is 15.4. The minimum atomic E-state index is -0.376. The van der Waals surface area contributed by atoms with Crippen molar-refractivity contribution in [3.05, 3.63) is 34.4 Å². The minimum absolute atomic E-state index is 0.0219. The molecule has 0 atom stereocenters. The maximum atomic E-state index is 9.65. The predicted molar refractivity (Wildman–Crippen MR) is 85.8 cm³/mol. The fourth-order valence-corrected chi connectivity index (χ4v) is 2.91. The molecular formula is C16H15ClN4O2. The van der Waals surface area contributed by atoms with Crippen LogP contribution in [0.3, 0.4) is 0 Å². The number of hydrogen-bond acceptors (Lipinski definition) is 5. The van der Waals surface area contributed by atoms with Gasteiger partial charge in [0.1, 0.15) is 11.9 Å². The summed E-state index contributed by atoms with van der Waals surface area (Å²) < 4.78 is 1.98. The number of aryl methyl sites for hydroxylation is 1. The van der Waals surface area contributed by atoms with Crippen LogP contribution in [0.4, 0.5) is 0 Å². The Balaban J connectivity index is 2.04. The molecule has 1 aromatic heterocycles. The van der Waals surface area contributed by atoms with E-state index in [1.165, 1.54) is 12.1 Å². The normalized spacial score (nSPS) is 14.9. The lowest BCUT2D eigenvalue weighted by Crippen LogP contribution is -2.05. The van der Waals surface area contributed by atoms with Crippen molar-refractivity contribution in [1.29, 1.82) is 5.26 Å². The molecule has 2 heterocycles. The quantitative estimate of drug-likeness (QED) is 0.651. The fraction of sp³-hybridized carbons (Fsp3) is 0.312. The van der Waals surface area contributed by atoms with Gasteiger partial charge in [0.15, 0.2) is 17.3 Å². The summed E-state index contributed by atoms with van der Waals surface area (Å²) in [6.07, 6.45) is 5.67. The maximum Gasteiger partial charge on any atom is 0.176 e. The van der Waals surface area contributed by atoms with Crippen LogP contribution in [0.1, 0.15) is 36.5 Å². The number of nitrogens with zero attached hydrogens (tertiary/aromatic N) is 4. The van der Waals surface area contributed by atoms with Gasteiger partial charge in [0.2, 0.25) is 0 Å². The highest BCUT2D eigenvalue weighted by Gasteiger charge is 2.18. The Morgan fingerprint density at radius 1 is 1.26 bits per heavy atom. The van der Waals surface area contributed by atoms with Gasteiger partial charge in [-0.05, 0) is 36.6 Å². The lowest BCUT2D eigenvalue weighted by Gasteiger charge is -2.06. The first-order valence-electron chi connectivity index (χ1n) is 7.36. The Kier molecular flexibility index (Phi) is 4.22. The number of nitriles is 1. The first-order valence-corrected chi connectivity index (χ1v) is 7.73. The van der Waals surface area contributed by atoms with Gasteiger partial charge < -0.3 is 14.8 Å². The summed E-state index contributed by atoms with van der Waals surface area (Å²) in [5.74, 6) is 0.707. The molecule has 1 aliphatic heterocycles. The largest absolute Gasteiger partial charge is 0.504 e. The molecule has 23 heavy (non-hydrogen) atoms. The first-order chi connectivity index (χ1) is 11.1. The summed E-state index contributed by atoms with van der Waals surface area (Å²) in [6.45, 7) is 0.790. The van der Waals surface area contributed by atoms with Crippen molar-refractivity contribution in [2.24, 2.45) is 0 Å². The Morgan fingerprint density at radius 3 is 2.83 bits per heavy atom. The number of phenolic OH excluding ortho intramolecular Hbond substituents is 2. The number of phenols is 2. The summed E-state index contributed by atoms with van der Waals surface area (Å²) in [5, 5.41) is 37.0. The van der Waals surface area contributed by atoms with E-state index in [0.29, 0.717) is 17.0 Å². The van der Waals surface area contributed by atoms with Crippen molar-refractivity contribution in [2.75, 3.05) is 0 Å². The van der Waals surface area contributed by atoms with Crippen molar-refractivity contribution in [2.45, 2.75) is 32.2 Å². The number of allylic oxidation sites excluding steroid dienone is 1. The molecule has 2 N–H and O–H groups in total. The third-order valence-corrected chi connectivity index (χ3v) is 4.14.